The average Bonchev–Trinajstić information content (AvgIpc) is 2.80. The van der Waals surface area contributed by atoms with E-state index in [1.807, 2.05) is 0 Å². The average molecular weight is 297 g/mol. The van der Waals surface area contributed by atoms with E-state index in [2.05, 4.69) is 5.32 Å². The van der Waals surface area contributed by atoms with Gasteiger partial charge in [-0.3, -0.25) is 4.79 Å². The highest BCUT2D eigenvalue weighted by Crippen LogP contribution is 2.28. The van der Waals surface area contributed by atoms with Gasteiger partial charge in [-0.25, -0.2) is 12.8 Å². The Morgan fingerprint density at radius 2 is 2.05 bits per heavy atom. The van der Waals surface area contributed by atoms with E-state index < -0.39 is 26.3 Å². The van der Waals surface area contributed by atoms with Crippen molar-refractivity contribution in [1.82, 2.24) is 5.32 Å². The van der Waals surface area contributed by atoms with Crippen LogP contribution in [0.2, 0.25) is 0 Å². The molecule has 1 heterocycles. The zero-order valence-corrected chi connectivity index (χ0v) is 12.2. The number of Topliss-reactive ketones (excluding diaryl/α,β-unsaturated/α-hetero) is 1. The van der Waals surface area contributed by atoms with E-state index in [9.17, 15) is 17.6 Å². The lowest BCUT2D eigenvalue weighted by Gasteiger charge is -2.11. The molecule has 0 saturated carbocycles. The first kappa shape index (κ1) is 14.7. The maximum Gasteiger partial charge on any atom is 0.214 e. The molecule has 1 aliphatic rings. The quantitative estimate of drug-likeness (QED) is 0.868. The van der Waals surface area contributed by atoms with Crippen molar-refractivity contribution in [2.75, 3.05) is 6.54 Å². The number of aryl methyl sites for hydroxylation is 1. The first-order valence-electron chi connectivity index (χ1n) is 6.33. The molecule has 0 amide bonds. The number of halogens is 1. The summed E-state index contributed by atoms with van der Waals surface area (Å²) in [5, 5.41) is 2.90. The van der Waals surface area contributed by atoms with Gasteiger partial charge in [0.2, 0.25) is 9.84 Å². The molecule has 1 saturated heterocycles. The Bertz CT molecular complexity index is 684. The monoisotopic (exact) mass is 297 g/mol. The maximum atomic E-state index is 13.9. The van der Waals surface area contributed by atoms with Crippen LogP contribution in [0.15, 0.2) is 33.7 Å². The lowest BCUT2D eigenvalue weighted by molar-refractivity contribution is -0.113. The van der Waals surface area contributed by atoms with Gasteiger partial charge in [-0.05, 0) is 44.4 Å². The second-order valence-corrected chi connectivity index (χ2v) is 6.69. The van der Waals surface area contributed by atoms with Crippen LogP contribution in [-0.2, 0) is 14.6 Å². The van der Waals surface area contributed by atoms with Crippen molar-refractivity contribution in [2.45, 2.75) is 31.6 Å². The zero-order chi connectivity index (χ0) is 14.9. The molecule has 1 aromatic carbocycles. The molecule has 0 spiro atoms. The van der Waals surface area contributed by atoms with Crippen molar-refractivity contribution in [1.29, 1.82) is 0 Å². The highest BCUT2D eigenvalue weighted by atomic mass is 32.2. The van der Waals surface area contributed by atoms with Crippen LogP contribution in [0.5, 0.6) is 0 Å². The smallest absolute Gasteiger partial charge is 0.214 e. The van der Waals surface area contributed by atoms with Gasteiger partial charge in [-0.1, -0.05) is 6.07 Å². The number of rotatable bonds is 3. The minimum atomic E-state index is -4.14. The molecule has 0 bridgehead atoms. The van der Waals surface area contributed by atoms with Gasteiger partial charge in [0.05, 0.1) is 0 Å². The highest BCUT2D eigenvalue weighted by Gasteiger charge is 2.31. The number of nitrogens with one attached hydrogen (secondary N) is 1. The minimum Gasteiger partial charge on any atom is -0.387 e. The van der Waals surface area contributed by atoms with Crippen LogP contribution in [0.3, 0.4) is 0 Å². The topological polar surface area (TPSA) is 63.2 Å². The van der Waals surface area contributed by atoms with Crippen molar-refractivity contribution in [3.05, 3.63) is 40.2 Å². The molecule has 0 unspecified atom stereocenters. The Kier molecular flexibility index (Phi) is 3.94. The fourth-order valence-corrected chi connectivity index (χ4v) is 3.94. The van der Waals surface area contributed by atoms with E-state index in [1.54, 1.807) is 6.92 Å². The van der Waals surface area contributed by atoms with E-state index >= 15 is 0 Å². The van der Waals surface area contributed by atoms with Crippen molar-refractivity contribution in [2.24, 2.45) is 0 Å². The van der Waals surface area contributed by atoms with Crippen LogP contribution in [0.4, 0.5) is 4.39 Å². The van der Waals surface area contributed by atoms with Gasteiger partial charge in [-0.2, -0.15) is 0 Å². The number of benzene rings is 1. The third-order valence-corrected chi connectivity index (χ3v) is 5.16. The van der Waals surface area contributed by atoms with Crippen LogP contribution in [0, 0.1) is 12.7 Å². The molecule has 20 heavy (non-hydrogen) atoms. The van der Waals surface area contributed by atoms with Crippen molar-refractivity contribution in [3.8, 4) is 0 Å². The first-order chi connectivity index (χ1) is 9.34. The summed E-state index contributed by atoms with van der Waals surface area (Å²) in [6.45, 7) is 3.48. The number of hydrogen-bond acceptors (Lipinski definition) is 4. The largest absolute Gasteiger partial charge is 0.387 e. The molecule has 0 atom stereocenters. The number of ketones is 1. The second kappa shape index (κ2) is 5.36. The van der Waals surface area contributed by atoms with Crippen molar-refractivity contribution >= 4 is 15.6 Å². The molecule has 1 N–H and O–H groups in total. The molecule has 4 nitrogen and oxygen atoms in total. The standard InChI is InChI=1S/C14H16FNO3S/c1-9-5-6-13(11(15)8-9)20(18,19)14(10(2)17)12-4-3-7-16-12/h5-6,8,16H,3-4,7H2,1-2H3/b14-12+. The maximum absolute atomic E-state index is 13.9. The molecule has 108 valence electrons. The Morgan fingerprint density at radius 1 is 1.35 bits per heavy atom. The number of carbonyl (C=O) groups is 1. The lowest BCUT2D eigenvalue weighted by Crippen LogP contribution is -2.19. The summed E-state index contributed by atoms with van der Waals surface area (Å²) >= 11 is 0. The van der Waals surface area contributed by atoms with Crippen LogP contribution in [0.25, 0.3) is 0 Å². The third kappa shape index (κ3) is 2.60. The number of allylic oxidation sites excluding steroid dienone is 2. The number of sulfone groups is 1. The molecular weight excluding hydrogens is 281 g/mol. The van der Waals surface area contributed by atoms with Gasteiger partial charge in [0.25, 0.3) is 0 Å². The summed E-state index contributed by atoms with van der Waals surface area (Å²) in [7, 11) is -4.14. The second-order valence-electron chi connectivity index (χ2n) is 4.83. The van der Waals surface area contributed by atoms with Gasteiger partial charge >= 0.3 is 0 Å². The molecule has 1 fully saturated rings. The van der Waals surface area contributed by atoms with Crippen LogP contribution < -0.4 is 5.32 Å². The summed E-state index contributed by atoms with van der Waals surface area (Å²) in [6.07, 6.45) is 1.25. The molecular formula is C14H16FNO3S. The predicted octanol–water partition coefficient (Wildman–Crippen LogP) is 2.09. The predicted molar refractivity (Wildman–Crippen MR) is 73.3 cm³/mol. The minimum absolute atomic E-state index is 0.322. The molecule has 0 aromatic heterocycles. The Hall–Kier alpha value is -1.69. The summed E-state index contributed by atoms with van der Waals surface area (Å²) in [6, 6.07) is 3.87. The first-order valence-corrected chi connectivity index (χ1v) is 7.81. The summed E-state index contributed by atoms with van der Waals surface area (Å²) in [5.41, 5.74) is 1.01. The lowest BCUT2D eigenvalue weighted by atomic mass is 10.2. The van der Waals surface area contributed by atoms with E-state index in [0.717, 1.165) is 12.5 Å². The zero-order valence-electron chi connectivity index (χ0n) is 11.4. The molecule has 1 aliphatic heterocycles. The van der Waals surface area contributed by atoms with Gasteiger partial charge in [0, 0.05) is 12.2 Å². The van der Waals surface area contributed by atoms with E-state index in [1.165, 1.54) is 19.1 Å². The van der Waals surface area contributed by atoms with E-state index in [4.69, 9.17) is 0 Å². The van der Waals surface area contributed by atoms with E-state index in [0.29, 0.717) is 24.2 Å². The van der Waals surface area contributed by atoms with Crippen molar-refractivity contribution < 1.29 is 17.6 Å². The van der Waals surface area contributed by atoms with Gasteiger partial charge < -0.3 is 5.32 Å². The van der Waals surface area contributed by atoms with Crippen LogP contribution in [-0.4, -0.2) is 20.7 Å². The Balaban J connectivity index is 2.63. The molecule has 6 heteroatoms. The molecule has 1 aromatic rings. The van der Waals surface area contributed by atoms with Crippen LogP contribution >= 0.6 is 0 Å². The molecule has 0 aliphatic carbocycles. The highest BCUT2D eigenvalue weighted by molar-refractivity contribution is 7.96. The molecule has 2 rings (SSSR count). The van der Waals surface area contributed by atoms with Gasteiger partial charge in [0.15, 0.2) is 5.78 Å². The number of carbonyl (C=O) groups excluding carboxylic acids is 1. The third-order valence-electron chi connectivity index (χ3n) is 3.18. The van der Waals surface area contributed by atoms with Crippen LogP contribution in [0.1, 0.15) is 25.3 Å². The van der Waals surface area contributed by atoms with Gasteiger partial charge in [-0.15, -0.1) is 0 Å². The Morgan fingerprint density at radius 3 is 2.55 bits per heavy atom. The fourth-order valence-electron chi connectivity index (χ4n) is 2.28. The SMILES string of the molecule is CC(=O)/C(=C1/CCCN1)S(=O)(=O)c1ccc(C)cc1F. The Labute approximate surface area is 117 Å². The normalized spacial score (nSPS) is 17.8. The molecule has 0 radical (unpaired) electrons. The van der Waals surface area contributed by atoms with Gasteiger partial charge in [0.1, 0.15) is 15.6 Å². The van der Waals surface area contributed by atoms with E-state index in [-0.39, 0.29) is 4.91 Å². The summed E-state index contributed by atoms with van der Waals surface area (Å²) < 4.78 is 39.0. The summed E-state index contributed by atoms with van der Waals surface area (Å²) in [4.78, 5) is 11.0. The van der Waals surface area contributed by atoms with Crippen molar-refractivity contribution in [3.63, 3.8) is 0 Å². The fraction of sp³-hybridized carbons (Fsp3) is 0.357. The summed E-state index contributed by atoms with van der Waals surface area (Å²) in [5.74, 6) is -1.41. The number of hydrogen-bond donors (Lipinski definition) is 1.